The van der Waals surface area contributed by atoms with Crippen molar-refractivity contribution in [2.24, 2.45) is 5.92 Å². The molecule has 16 heteroatoms. The third kappa shape index (κ3) is 7.58. The van der Waals surface area contributed by atoms with Gasteiger partial charge in [-0.2, -0.15) is 0 Å². The number of aromatic amines is 2. The van der Waals surface area contributed by atoms with E-state index < -0.39 is 24.3 Å². The third-order valence-corrected chi connectivity index (χ3v) is 14.0. The van der Waals surface area contributed by atoms with Crippen molar-refractivity contribution >= 4 is 78.1 Å². The predicted octanol–water partition coefficient (Wildman–Crippen LogP) is 8.85. The predicted molar refractivity (Wildman–Crippen MR) is 236 cm³/mol. The number of H-pyrrole nitrogens is 2. The minimum Gasteiger partial charge on any atom is -0.453 e. The van der Waals surface area contributed by atoms with Gasteiger partial charge in [0, 0.05) is 35.0 Å². The van der Waals surface area contributed by atoms with Crippen LogP contribution in [0.1, 0.15) is 74.9 Å². The van der Waals surface area contributed by atoms with E-state index in [-0.39, 0.29) is 29.8 Å². The molecule has 4 amide bonds. The molecule has 9 rings (SSSR count). The SMILES string of the molecule is COC(=O)NC(C(=O)N1CCCC1c1nc2ccc(-c3csc4c(-c5ccc6nc(C7CCCN7C(=O)C(NC(=O)OC)C(C)C)[nH]c6c5)csc34)cc2[nH]1)c1ccccc1. The molecule has 0 radical (unpaired) electrons. The first kappa shape index (κ1) is 40.2. The molecular weight excluding hydrogens is 813 g/mol. The van der Waals surface area contributed by atoms with E-state index in [1.165, 1.54) is 23.6 Å². The van der Waals surface area contributed by atoms with E-state index in [4.69, 9.17) is 19.4 Å². The number of hydrogen-bond acceptors (Lipinski definition) is 10. The van der Waals surface area contributed by atoms with Gasteiger partial charge < -0.3 is 39.9 Å². The number of rotatable bonds is 10. The Labute approximate surface area is 359 Å². The molecular formula is C45H46N8O6S2. The molecule has 2 fully saturated rings. The summed E-state index contributed by atoms with van der Waals surface area (Å²) in [7, 11) is 2.58. The Morgan fingerprint density at radius 1 is 0.705 bits per heavy atom. The van der Waals surface area contributed by atoms with Crippen LogP contribution >= 0.6 is 22.7 Å². The van der Waals surface area contributed by atoms with Gasteiger partial charge in [-0.3, -0.25) is 9.59 Å². The number of thiophene rings is 2. The Morgan fingerprint density at radius 3 is 1.72 bits per heavy atom. The van der Waals surface area contributed by atoms with Gasteiger partial charge in [0.15, 0.2) is 0 Å². The summed E-state index contributed by atoms with van der Waals surface area (Å²) >= 11 is 3.43. The normalized spacial score (nSPS) is 17.7. The molecule has 2 aliphatic rings. The van der Waals surface area contributed by atoms with Crippen molar-refractivity contribution in [3.05, 3.63) is 94.7 Å². The van der Waals surface area contributed by atoms with Gasteiger partial charge >= 0.3 is 12.2 Å². The van der Waals surface area contributed by atoms with E-state index in [0.29, 0.717) is 18.7 Å². The van der Waals surface area contributed by atoms with Gasteiger partial charge in [0.25, 0.3) is 5.91 Å². The molecule has 4 unspecified atom stereocenters. The highest BCUT2D eigenvalue weighted by atomic mass is 32.1. The molecule has 4 aromatic heterocycles. The van der Waals surface area contributed by atoms with Gasteiger partial charge in [-0.1, -0.05) is 56.3 Å². The number of nitrogens with zero attached hydrogens (tertiary/aromatic N) is 4. The maximum atomic E-state index is 14.0. The molecule has 0 aliphatic carbocycles. The van der Waals surface area contributed by atoms with E-state index in [2.05, 4.69) is 55.6 Å². The van der Waals surface area contributed by atoms with E-state index in [0.717, 1.165) is 81.7 Å². The number of nitrogens with one attached hydrogen (secondary N) is 4. The number of amides is 4. The van der Waals surface area contributed by atoms with Crippen LogP contribution in [0, 0.1) is 5.92 Å². The monoisotopic (exact) mass is 858 g/mol. The number of carbonyl (C=O) groups is 4. The number of fused-ring (bicyclic) bond motifs is 3. The van der Waals surface area contributed by atoms with Gasteiger partial charge in [-0.15, -0.1) is 22.7 Å². The Hall–Kier alpha value is -6.26. The molecule has 2 saturated heterocycles. The zero-order valence-electron chi connectivity index (χ0n) is 34.2. The molecule has 314 valence electrons. The summed E-state index contributed by atoms with van der Waals surface area (Å²) in [6.45, 7) is 4.96. The molecule has 4 N–H and O–H groups in total. The molecule has 0 spiro atoms. The fourth-order valence-electron chi connectivity index (χ4n) is 8.71. The van der Waals surface area contributed by atoms with Crippen LogP contribution in [0.2, 0.25) is 0 Å². The molecule has 4 atom stereocenters. The minimum atomic E-state index is -0.886. The fourth-order valence-corrected chi connectivity index (χ4v) is 11.2. The summed E-state index contributed by atoms with van der Waals surface area (Å²) in [5.74, 6) is 1.00. The van der Waals surface area contributed by atoms with Crippen molar-refractivity contribution in [3.63, 3.8) is 0 Å². The number of carbonyl (C=O) groups excluding carboxylic acids is 4. The van der Waals surface area contributed by atoms with Gasteiger partial charge in [0.05, 0.1) is 57.8 Å². The maximum absolute atomic E-state index is 14.0. The number of hydrogen-bond donors (Lipinski definition) is 4. The van der Waals surface area contributed by atoms with E-state index >= 15 is 0 Å². The largest absolute Gasteiger partial charge is 0.453 e. The van der Waals surface area contributed by atoms with Gasteiger partial charge in [-0.25, -0.2) is 19.6 Å². The van der Waals surface area contributed by atoms with Crippen LogP contribution in [-0.2, 0) is 19.1 Å². The Balaban J connectivity index is 0.950. The van der Waals surface area contributed by atoms with E-state index in [1.54, 1.807) is 22.7 Å². The lowest BCUT2D eigenvalue weighted by molar-refractivity contribution is -0.135. The van der Waals surface area contributed by atoms with Crippen molar-refractivity contribution < 1.29 is 28.7 Å². The maximum Gasteiger partial charge on any atom is 0.407 e. The van der Waals surface area contributed by atoms with Gasteiger partial charge in [0.1, 0.15) is 23.7 Å². The molecule has 7 aromatic rings. The summed E-state index contributed by atoms with van der Waals surface area (Å²) in [5, 5.41) is 9.86. The second kappa shape index (κ2) is 16.7. The molecule has 0 saturated carbocycles. The van der Waals surface area contributed by atoms with Crippen LogP contribution in [0.3, 0.4) is 0 Å². The lowest BCUT2D eigenvalue weighted by Crippen LogP contribution is -2.51. The standard InChI is InChI=1S/C45H46N8O6S2/c1-24(2)36(50-44(56)58-3)42(54)52-18-8-12-34(52)40-46-30-16-14-26(20-32(30)48-40)28-22-60-39-29(23-61-38(28)39)27-15-17-31-33(21-27)49-41(47-31)35-13-9-19-53(35)43(55)37(51-45(57)59-4)25-10-6-5-7-11-25/h5-7,10-11,14-17,20-24,34-37H,8-9,12-13,18-19H2,1-4H3,(H,46,48)(H,47,49)(H,50,56)(H,51,57). The van der Waals surface area contributed by atoms with Crippen LogP contribution in [0.4, 0.5) is 9.59 Å². The summed E-state index contributed by atoms with van der Waals surface area (Å²) in [5.41, 5.74) is 8.54. The number of likely N-dealkylation sites (tertiary alicyclic amines) is 2. The quantitative estimate of drug-likeness (QED) is 0.106. The van der Waals surface area contributed by atoms with E-state index in [1.807, 2.05) is 66.1 Å². The van der Waals surface area contributed by atoms with Crippen LogP contribution in [-0.4, -0.2) is 87.1 Å². The summed E-state index contributed by atoms with van der Waals surface area (Å²) in [4.78, 5) is 72.7. The number of ether oxygens (including phenoxy) is 2. The second-order valence-corrected chi connectivity index (χ2v) is 17.6. The molecule has 6 heterocycles. The summed E-state index contributed by atoms with van der Waals surface area (Å²) in [6.07, 6.45) is 1.90. The van der Waals surface area contributed by atoms with Crippen molar-refractivity contribution in [3.8, 4) is 22.3 Å². The average Bonchev–Trinajstić information content (AvgIpc) is 4.13. The summed E-state index contributed by atoms with van der Waals surface area (Å²) in [6, 6.07) is 19.6. The first-order valence-corrected chi connectivity index (χ1v) is 22.2. The van der Waals surface area contributed by atoms with Crippen LogP contribution in [0.5, 0.6) is 0 Å². The van der Waals surface area contributed by atoms with Gasteiger partial charge in [0.2, 0.25) is 5.91 Å². The lowest BCUT2D eigenvalue weighted by Gasteiger charge is -2.29. The highest BCUT2D eigenvalue weighted by Gasteiger charge is 2.39. The first-order chi connectivity index (χ1) is 29.6. The zero-order valence-corrected chi connectivity index (χ0v) is 35.8. The first-order valence-electron chi connectivity index (χ1n) is 20.5. The minimum absolute atomic E-state index is 0.113. The van der Waals surface area contributed by atoms with E-state index in [9.17, 15) is 19.2 Å². The van der Waals surface area contributed by atoms with Crippen LogP contribution < -0.4 is 10.6 Å². The Kier molecular flexibility index (Phi) is 11.0. The summed E-state index contributed by atoms with van der Waals surface area (Å²) < 4.78 is 12.0. The molecule has 61 heavy (non-hydrogen) atoms. The zero-order chi connectivity index (χ0) is 42.4. The fraction of sp³-hybridized carbons (Fsp3) is 0.333. The molecule has 3 aromatic carbocycles. The number of methoxy groups -OCH3 is 2. The van der Waals surface area contributed by atoms with Crippen molar-refractivity contribution in [1.82, 2.24) is 40.4 Å². The van der Waals surface area contributed by atoms with Crippen molar-refractivity contribution in [1.29, 1.82) is 0 Å². The highest BCUT2D eigenvalue weighted by Crippen LogP contribution is 2.45. The lowest BCUT2D eigenvalue weighted by atomic mass is 10.0. The molecule has 14 nitrogen and oxygen atoms in total. The second-order valence-electron chi connectivity index (χ2n) is 15.9. The van der Waals surface area contributed by atoms with Crippen LogP contribution in [0.15, 0.2) is 77.5 Å². The topological polar surface area (TPSA) is 175 Å². The third-order valence-electron chi connectivity index (χ3n) is 11.8. The van der Waals surface area contributed by atoms with Crippen molar-refractivity contribution in [2.75, 3.05) is 27.3 Å². The number of aromatic nitrogens is 4. The Bertz CT molecular complexity index is 2770. The number of alkyl carbamates (subject to hydrolysis) is 2. The smallest absolute Gasteiger partial charge is 0.407 e. The van der Waals surface area contributed by atoms with Crippen molar-refractivity contribution in [2.45, 2.75) is 63.7 Å². The van der Waals surface area contributed by atoms with Gasteiger partial charge in [-0.05, 0) is 72.6 Å². The average molecular weight is 859 g/mol. The highest BCUT2D eigenvalue weighted by molar-refractivity contribution is 7.27. The molecule has 0 bridgehead atoms. The molecule has 2 aliphatic heterocycles. The van der Waals surface area contributed by atoms with Crippen LogP contribution in [0.25, 0.3) is 53.7 Å². The number of benzene rings is 3. The Morgan fingerprint density at radius 2 is 1.21 bits per heavy atom. The number of imidazole rings is 2.